The largest absolute Gasteiger partial charge is 0.349 e. The summed E-state index contributed by atoms with van der Waals surface area (Å²) >= 11 is 14.0. The van der Waals surface area contributed by atoms with Crippen molar-refractivity contribution in [2.45, 2.75) is 49.3 Å². The highest BCUT2D eigenvalue weighted by atomic mass is 35.5. The molecule has 1 fully saturated rings. The Morgan fingerprint density at radius 1 is 1.27 bits per heavy atom. The highest BCUT2D eigenvalue weighted by molar-refractivity contribution is 7.98. The molecule has 1 aliphatic rings. The maximum Gasteiger partial charge on any atom is 0.253 e. The van der Waals surface area contributed by atoms with E-state index >= 15 is 0 Å². The van der Waals surface area contributed by atoms with Crippen LogP contribution < -0.4 is 5.32 Å². The molecule has 0 saturated heterocycles. The molecule has 1 amide bonds. The second kappa shape index (κ2) is 9.12. The van der Waals surface area contributed by atoms with E-state index in [0.717, 1.165) is 23.3 Å². The Labute approximate surface area is 168 Å². The number of amides is 1. The fourth-order valence-corrected chi connectivity index (χ4v) is 4.91. The molecule has 1 aromatic carbocycles. The SMILES string of the molecule is CC1CCCC(NC(=O)c2cncc(CSc3c(Cl)cccc3Cl)c2)C1. The summed E-state index contributed by atoms with van der Waals surface area (Å²) in [4.78, 5) is 17.6. The van der Waals surface area contributed by atoms with Gasteiger partial charge in [-0.1, -0.05) is 49.0 Å². The highest BCUT2D eigenvalue weighted by Crippen LogP contribution is 2.35. The molecule has 1 heterocycles. The van der Waals surface area contributed by atoms with E-state index in [0.29, 0.717) is 27.3 Å². The van der Waals surface area contributed by atoms with Crippen LogP contribution in [0.3, 0.4) is 0 Å². The Morgan fingerprint density at radius 3 is 2.77 bits per heavy atom. The van der Waals surface area contributed by atoms with E-state index in [4.69, 9.17) is 23.2 Å². The number of thioether (sulfide) groups is 1. The monoisotopic (exact) mass is 408 g/mol. The Morgan fingerprint density at radius 2 is 2.04 bits per heavy atom. The van der Waals surface area contributed by atoms with Gasteiger partial charge in [0.2, 0.25) is 0 Å². The standard InChI is InChI=1S/C20H22Cl2N2OS/c1-13-4-2-5-16(8-13)24-20(25)15-9-14(10-23-11-15)12-26-19-17(21)6-3-7-18(19)22/h3,6-7,9-11,13,16H,2,4-5,8,12H2,1H3,(H,24,25). The summed E-state index contributed by atoms with van der Waals surface area (Å²) in [7, 11) is 0. The van der Waals surface area contributed by atoms with Crippen molar-refractivity contribution in [2.75, 3.05) is 0 Å². The Hall–Kier alpha value is -1.23. The van der Waals surface area contributed by atoms with Crippen LogP contribution in [0.4, 0.5) is 0 Å². The third-order valence-electron chi connectivity index (χ3n) is 4.63. The van der Waals surface area contributed by atoms with E-state index in [9.17, 15) is 4.79 Å². The second-order valence-corrected chi connectivity index (χ2v) is 8.66. The Bertz CT molecular complexity index is 764. The Kier molecular flexibility index (Phi) is 6.85. The Balaban J connectivity index is 1.63. The zero-order chi connectivity index (χ0) is 18.5. The smallest absolute Gasteiger partial charge is 0.253 e. The molecule has 0 bridgehead atoms. The van der Waals surface area contributed by atoms with Crippen LogP contribution in [0.1, 0.15) is 48.5 Å². The molecule has 1 N–H and O–H groups in total. The molecule has 3 rings (SSSR count). The third kappa shape index (κ3) is 5.15. The van der Waals surface area contributed by atoms with Gasteiger partial charge < -0.3 is 5.32 Å². The summed E-state index contributed by atoms with van der Waals surface area (Å²) in [5.41, 5.74) is 1.57. The average Bonchev–Trinajstić information content (AvgIpc) is 2.61. The first-order valence-electron chi connectivity index (χ1n) is 8.84. The minimum atomic E-state index is -0.0424. The van der Waals surface area contributed by atoms with E-state index < -0.39 is 0 Å². The molecule has 1 aliphatic carbocycles. The molecule has 0 spiro atoms. The first-order chi connectivity index (χ1) is 12.5. The summed E-state index contributed by atoms with van der Waals surface area (Å²) in [6, 6.07) is 7.64. The quantitative estimate of drug-likeness (QED) is 0.617. The maximum absolute atomic E-state index is 12.6. The number of pyridine rings is 1. The molecule has 2 unspecified atom stereocenters. The van der Waals surface area contributed by atoms with Gasteiger partial charge in [-0.3, -0.25) is 9.78 Å². The third-order valence-corrected chi connectivity index (χ3v) is 6.69. The molecule has 3 nitrogen and oxygen atoms in total. The maximum atomic E-state index is 12.6. The average molecular weight is 409 g/mol. The van der Waals surface area contributed by atoms with Gasteiger partial charge in [0.1, 0.15) is 0 Å². The molecule has 2 aromatic rings. The van der Waals surface area contributed by atoms with Crippen LogP contribution in [0.2, 0.25) is 10.0 Å². The zero-order valence-electron chi connectivity index (χ0n) is 14.7. The summed E-state index contributed by atoms with van der Waals surface area (Å²) in [5, 5.41) is 4.43. The zero-order valence-corrected chi connectivity index (χ0v) is 17.0. The molecule has 1 aromatic heterocycles. The number of carbonyl (C=O) groups is 1. The fraction of sp³-hybridized carbons (Fsp3) is 0.400. The first kappa shape index (κ1) is 19.5. The number of hydrogen-bond donors (Lipinski definition) is 1. The van der Waals surface area contributed by atoms with Crippen LogP contribution in [0.25, 0.3) is 0 Å². The van der Waals surface area contributed by atoms with E-state index in [2.05, 4.69) is 17.2 Å². The van der Waals surface area contributed by atoms with Gasteiger partial charge in [0, 0.05) is 29.1 Å². The number of halogens is 2. The van der Waals surface area contributed by atoms with Crippen molar-refractivity contribution in [3.05, 3.63) is 57.8 Å². The number of hydrogen-bond acceptors (Lipinski definition) is 3. The predicted molar refractivity (Wildman–Crippen MR) is 109 cm³/mol. The van der Waals surface area contributed by atoms with Gasteiger partial charge in [-0.2, -0.15) is 0 Å². The second-order valence-electron chi connectivity index (χ2n) is 6.86. The number of nitrogens with one attached hydrogen (secondary N) is 1. The van der Waals surface area contributed by atoms with Crippen LogP contribution in [0.15, 0.2) is 41.6 Å². The summed E-state index contributed by atoms with van der Waals surface area (Å²) in [5.74, 6) is 1.28. The first-order valence-corrected chi connectivity index (χ1v) is 10.6. The summed E-state index contributed by atoms with van der Waals surface area (Å²) < 4.78 is 0. The molecule has 0 radical (unpaired) electrons. The van der Waals surface area contributed by atoms with Crippen LogP contribution in [-0.4, -0.2) is 16.9 Å². The number of benzene rings is 1. The summed E-state index contributed by atoms with van der Waals surface area (Å²) in [6.45, 7) is 2.25. The van der Waals surface area contributed by atoms with Crippen molar-refractivity contribution in [3.8, 4) is 0 Å². The number of nitrogens with zero attached hydrogens (tertiary/aromatic N) is 1. The van der Waals surface area contributed by atoms with Crippen molar-refractivity contribution in [1.82, 2.24) is 10.3 Å². The molecule has 1 saturated carbocycles. The van der Waals surface area contributed by atoms with Gasteiger partial charge in [0.25, 0.3) is 5.91 Å². The molecule has 138 valence electrons. The van der Waals surface area contributed by atoms with Crippen LogP contribution in [0, 0.1) is 5.92 Å². The molecule has 0 aliphatic heterocycles. The highest BCUT2D eigenvalue weighted by Gasteiger charge is 2.21. The number of rotatable bonds is 5. The lowest BCUT2D eigenvalue weighted by atomic mass is 9.87. The van der Waals surface area contributed by atoms with E-state index in [1.165, 1.54) is 12.8 Å². The van der Waals surface area contributed by atoms with Crippen molar-refractivity contribution >= 4 is 40.9 Å². The summed E-state index contributed by atoms with van der Waals surface area (Å²) in [6.07, 6.45) is 7.95. The normalized spacial score (nSPS) is 20.0. The van der Waals surface area contributed by atoms with Crippen LogP contribution in [0.5, 0.6) is 0 Å². The minimum Gasteiger partial charge on any atom is -0.349 e. The van der Waals surface area contributed by atoms with Crippen molar-refractivity contribution in [1.29, 1.82) is 0 Å². The minimum absolute atomic E-state index is 0.0424. The molecular weight excluding hydrogens is 387 g/mol. The predicted octanol–water partition coefficient (Wildman–Crippen LogP) is 5.99. The van der Waals surface area contributed by atoms with Crippen molar-refractivity contribution in [3.63, 3.8) is 0 Å². The topological polar surface area (TPSA) is 42.0 Å². The lowest BCUT2D eigenvalue weighted by Gasteiger charge is -2.27. The number of carbonyl (C=O) groups excluding carboxylic acids is 1. The van der Waals surface area contributed by atoms with Crippen LogP contribution in [-0.2, 0) is 5.75 Å². The lowest BCUT2D eigenvalue weighted by Crippen LogP contribution is -2.38. The van der Waals surface area contributed by atoms with E-state index in [-0.39, 0.29) is 11.9 Å². The molecule has 6 heteroatoms. The van der Waals surface area contributed by atoms with E-state index in [1.807, 2.05) is 24.3 Å². The van der Waals surface area contributed by atoms with Crippen molar-refractivity contribution < 1.29 is 4.79 Å². The fourth-order valence-electron chi connectivity index (χ4n) is 3.30. The van der Waals surface area contributed by atoms with Crippen molar-refractivity contribution in [2.24, 2.45) is 5.92 Å². The van der Waals surface area contributed by atoms with E-state index in [1.54, 1.807) is 24.2 Å². The van der Waals surface area contributed by atoms with Gasteiger partial charge in [-0.15, -0.1) is 11.8 Å². The molecule has 2 atom stereocenters. The van der Waals surface area contributed by atoms with Gasteiger partial charge in [-0.25, -0.2) is 0 Å². The van der Waals surface area contributed by atoms with Gasteiger partial charge in [0.05, 0.1) is 15.6 Å². The van der Waals surface area contributed by atoms with Gasteiger partial charge in [0.15, 0.2) is 0 Å². The van der Waals surface area contributed by atoms with Gasteiger partial charge >= 0.3 is 0 Å². The molecular formula is C20H22Cl2N2OS. The lowest BCUT2D eigenvalue weighted by molar-refractivity contribution is 0.0921. The van der Waals surface area contributed by atoms with Crippen LogP contribution >= 0.6 is 35.0 Å². The number of aromatic nitrogens is 1. The molecule has 26 heavy (non-hydrogen) atoms. The van der Waals surface area contributed by atoms with Gasteiger partial charge in [-0.05, 0) is 42.5 Å².